The normalized spacial score (nSPS) is 11.0. The Morgan fingerprint density at radius 3 is 1.77 bits per heavy atom. The zero-order chi connectivity index (χ0) is 18.8. The highest BCUT2D eigenvalue weighted by Gasteiger charge is 2.36. The minimum Gasteiger partial charge on any atom is -0.496 e. The third-order valence-corrected chi connectivity index (χ3v) is 4.14. The van der Waals surface area contributed by atoms with Crippen LogP contribution in [0.4, 0.5) is 5.69 Å². The van der Waals surface area contributed by atoms with Gasteiger partial charge in [0.15, 0.2) is 5.75 Å². The maximum Gasteiger partial charge on any atom is 0.318 e. The second kappa shape index (κ2) is 6.95. The zero-order valence-corrected chi connectivity index (χ0v) is 14.9. The van der Waals surface area contributed by atoms with Gasteiger partial charge in [0.1, 0.15) is 34.7 Å². The van der Waals surface area contributed by atoms with Gasteiger partial charge < -0.3 is 18.3 Å². The molecule has 0 amide bonds. The summed E-state index contributed by atoms with van der Waals surface area (Å²) < 4.78 is 22.2. The van der Waals surface area contributed by atoms with E-state index in [9.17, 15) is 10.1 Å². The van der Waals surface area contributed by atoms with Crippen LogP contribution in [0.25, 0.3) is 0 Å². The monoisotopic (exact) mass is 357 g/mol. The molecule has 7 heteroatoms. The van der Waals surface area contributed by atoms with Gasteiger partial charge in [-0.15, -0.1) is 0 Å². The van der Waals surface area contributed by atoms with E-state index in [0.717, 1.165) is 0 Å². The molecule has 0 spiro atoms. The average molecular weight is 357 g/mol. The maximum atomic E-state index is 11.9. The van der Waals surface area contributed by atoms with E-state index >= 15 is 0 Å². The lowest BCUT2D eigenvalue weighted by atomic mass is 9.91. The fraction of sp³-hybridized carbons (Fsp3) is 0.263. The van der Waals surface area contributed by atoms with Crippen molar-refractivity contribution in [3.05, 3.63) is 75.1 Å². The van der Waals surface area contributed by atoms with E-state index in [0.29, 0.717) is 34.4 Å². The molecule has 0 atom stereocenters. The van der Waals surface area contributed by atoms with Crippen LogP contribution in [-0.2, 0) is 0 Å². The molecule has 136 valence electrons. The Morgan fingerprint density at radius 1 is 0.885 bits per heavy atom. The Kier molecular flexibility index (Phi) is 4.71. The van der Waals surface area contributed by atoms with Crippen molar-refractivity contribution >= 4 is 5.69 Å². The molecule has 0 N–H and O–H groups in total. The van der Waals surface area contributed by atoms with Crippen LogP contribution in [0.3, 0.4) is 0 Å². The first-order valence-electron chi connectivity index (χ1n) is 7.98. The molecule has 0 aliphatic heterocycles. The molecule has 3 aromatic rings. The van der Waals surface area contributed by atoms with Gasteiger partial charge >= 0.3 is 5.69 Å². The number of hydrogen-bond acceptors (Lipinski definition) is 6. The molecule has 2 aromatic heterocycles. The summed E-state index contributed by atoms with van der Waals surface area (Å²) in [5.74, 6) is 2.27. The Balaban J connectivity index is 2.35. The molecule has 1 aromatic carbocycles. The molecular weight excluding hydrogens is 338 g/mol. The third-order valence-electron chi connectivity index (χ3n) is 4.14. The summed E-state index contributed by atoms with van der Waals surface area (Å²) in [5, 5.41) is 11.9. The fourth-order valence-electron chi connectivity index (χ4n) is 3.02. The van der Waals surface area contributed by atoms with E-state index in [1.54, 1.807) is 30.3 Å². The highest BCUT2D eigenvalue weighted by molar-refractivity contribution is 5.63. The number of methoxy groups -OCH3 is 2. The standard InChI is InChI=1S/C19H19NO6/c1-11-5-7-14(25-11)17(15-8-6-12(2)26-15)18-13(23-3)9-10-16(24-4)19(18)20(21)22/h5-10,17H,1-4H3. The first-order chi connectivity index (χ1) is 12.5. The number of aryl methyl sites for hydroxylation is 2. The molecule has 0 radical (unpaired) electrons. The van der Waals surface area contributed by atoms with E-state index in [1.165, 1.54) is 20.3 Å². The van der Waals surface area contributed by atoms with Crippen molar-refractivity contribution in [1.82, 2.24) is 0 Å². The predicted molar refractivity (Wildman–Crippen MR) is 94.0 cm³/mol. The van der Waals surface area contributed by atoms with Gasteiger partial charge in [-0.3, -0.25) is 10.1 Å². The number of nitro benzene ring substituents is 1. The van der Waals surface area contributed by atoms with Gasteiger partial charge in [-0.1, -0.05) is 0 Å². The minimum atomic E-state index is -0.650. The van der Waals surface area contributed by atoms with Crippen molar-refractivity contribution in [1.29, 1.82) is 0 Å². The van der Waals surface area contributed by atoms with Crippen molar-refractivity contribution < 1.29 is 23.2 Å². The lowest BCUT2D eigenvalue weighted by Crippen LogP contribution is -2.09. The van der Waals surface area contributed by atoms with Crippen molar-refractivity contribution in [3.63, 3.8) is 0 Å². The molecular formula is C19H19NO6. The van der Waals surface area contributed by atoms with Gasteiger partial charge in [0, 0.05) is 0 Å². The van der Waals surface area contributed by atoms with E-state index in [4.69, 9.17) is 18.3 Å². The molecule has 0 saturated carbocycles. The van der Waals surface area contributed by atoms with Gasteiger partial charge in [-0.05, 0) is 50.2 Å². The SMILES string of the molecule is COc1ccc(OC)c([N+](=O)[O-])c1C(c1ccc(C)o1)c1ccc(C)o1. The van der Waals surface area contributed by atoms with Crippen LogP contribution in [-0.4, -0.2) is 19.1 Å². The third kappa shape index (κ3) is 3.03. The van der Waals surface area contributed by atoms with E-state index < -0.39 is 10.8 Å². The molecule has 0 saturated heterocycles. The van der Waals surface area contributed by atoms with Gasteiger partial charge in [0.25, 0.3) is 0 Å². The lowest BCUT2D eigenvalue weighted by Gasteiger charge is -2.18. The van der Waals surface area contributed by atoms with Crippen molar-refractivity contribution in [2.24, 2.45) is 0 Å². The van der Waals surface area contributed by atoms with Crippen molar-refractivity contribution in [2.45, 2.75) is 19.8 Å². The first-order valence-corrected chi connectivity index (χ1v) is 7.98. The number of hydrogen-bond donors (Lipinski definition) is 0. The van der Waals surface area contributed by atoms with Crippen LogP contribution in [0.1, 0.15) is 34.5 Å². The van der Waals surface area contributed by atoms with Crippen LogP contribution >= 0.6 is 0 Å². The molecule has 2 heterocycles. The quantitative estimate of drug-likeness (QED) is 0.473. The zero-order valence-electron chi connectivity index (χ0n) is 14.9. The van der Waals surface area contributed by atoms with E-state index in [-0.39, 0.29) is 11.4 Å². The molecule has 7 nitrogen and oxygen atoms in total. The Bertz CT molecular complexity index is 899. The van der Waals surface area contributed by atoms with Crippen LogP contribution in [0.2, 0.25) is 0 Å². The molecule has 26 heavy (non-hydrogen) atoms. The average Bonchev–Trinajstić information content (AvgIpc) is 3.23. The van der Waals surface area contributed by atoms with Crippen LogP contribution in [0.5, 0.6) is 11.5 Å². The van der Waals surface area contributed by atoms with E-state index in [2.05, 4.69) is 0 Å². The Morgan fingerprint density at radius 2 is 1.38 bits per heavy atom. The second-order valence-corrected chi connectivity index (χ2v) is 5.82. The predicted octanol–water partition coefficient (Wildman–Crippen LogP) is 4.60. The number of ether oxygens (including phenoxy) is 2. The molecule has 0 fully saturated rings. The smallest absolute Gasteiger partial charge is 0.318 e. The highest BCUT2D eigenvalue weighted by atomic mass is 16.6. The lowest BCUT2D eigenvalue weighted by molar-refractivity contribution is -0.386. The summed E-state index contributed by atoms with van der Waals surface area (Å²) in [4.78, 5) is 11.4. The summed E-state index contributed by atoms with van der Waals surface area (Å²) in [5.41, 5.74) is 0.139. The summed E-state index contributed by atoms with van der Waals surface area (Å²) in [6.45, 7) is 3.62. The maximum absolute atomic E-state index is 11.9. The van der Waals surface area contributed by atoms with Gasteiger partial charge in [-0.2, -0.15) is 0 Å². The van der Waals surface area contributed by atoms with Crippen molar-refractivity contribution in [3.8, 4) is 11.5 Å². The van der Waals surface area contributed by atoms with Crippen LogP contribution < -0.4 is 9.47 Å². The number of nitrogens with zero attached hydrogens (tertiary/aromatic N) is 1. The fourth-order valence-corrected chi connectivity index (χ4v) is 3.02. The Hall–Kier alpha value is -3.22. The second-order valence-electron chi connectivity index (χ2n) is 5.82. The first kappa shape index (κ1) is 17.6. The number of benzene rings is 1. The number of rotatable bonds is 6. The topological polar surface area (TPSA) is 87.9 Å². The molecule has 3 rings (SSSR count). The molecule has 0 unspecified atom stereocenters. The van der Waals surface area contributed by atoms with Crippen molar-refractivity contribution in [2.75, 3.05) is 14.2 Å². The highest BCUT2D eigenvalue weighted by Crippen LogP contribution is 2.47. The molecule has 0 bridgehead atoms. The van der Waals surface area contributed by atoms with Crippen LogP contribution in [0, 0.1) is 24.0 Å². The van der Waals surface area contributed by atoms with Gasteiger partial charge in [0.2, 0.25) is 0 Å². The molecule has 0 aliphatic rings. The Labute approximate surface area is 150 Å². The number of furan rings is 2. The summed E-state index contributed by atoms with van der Waals surface area (Å²) >= 11 is 0. The van der Waals surface area contributed by atoms with Gasteiger partial charge in [-0.25, -0.2) is 0 Å². The molecule has 0 aliphatic carbocycles. The minimum absolute atomic E-state index is 0.141. The summed E-state index contributed by atoms with van der Waals surface area (Å²) in [6, 6.07) is 10.3. The van der Waals surface area contributed by atoms with Gasteiger partial charge in [0.05, 0.1) is 24.7 Å². The number of nitro groups is 1. The largest absolute Gasteiger partial charge is 0.496 e. The summed E-state index contributed by atoms with van der Waals surface area (Å²) in [7, 11) is 2.86. The van der Waals surface area contributed by atoms with Crippen LogP contribution in [0.15, 0.2) is 45.2 Å². The van der Waals surface area contributed by atoms with E-state index in [1.807, 2.05) is 13.8 Å². The summed E-state index contributed by atoms with van der Waals surface area (Å²) in [6.07, 6.45) is 0.